The lowest BCUT2D eigenvalue weighted by Gasteiger charge is -2.28. The van der Waals surface area contributed by atoms with Crippen LogP contribution in [-0.4, -0.2) is 35.1 Å². The minimum atomic E-state index is -0.689. The zero-order chi connectivity index (χ0) is 11.5. The van der Waals surface area contributed by atoms with Crippen LogP contribution in [0, 0.1) is 5.41 Å². The fraction of sp³-hybridized carbons (Fsp3) is 0.917. The molecular formula is C12H23NO2. The predicted molar refractivity (Wildman–Crippen MR) is 60.9 cm³/mol. The third-order valence-corrected chi connectivity index (χ3v) is 3.48. The zero-order valence-electron chi connectivity index (χ0n) is 10.1. The molecule has 1 unspecified atom stereocenters. The number of hydrogen-bond acceptors (Lipinski definition) is 2. The summed E-state index contributed by atoms with van der Waals surface area (Å²) < 4.78 is 0. The van der Waals surface area contributed by atoms with E-state index >= 15 is 0 Å². The van der Waals surface area contributed by atoms with Gasteiger partial charge >= 0.3 is 5.97 Å². The number of hydrogen-bond donors (Lipinski definition) is 1. The summed E-state index contributed by atoms with van der Waals surface area (Å²) in [6, 6.07) is 0.601. The predicted octanol–water partition coefficient (Wildman–Crippen LogP) is 2.36. The Morgan fingerprint density at radius 1 is 1.53 bits per heavy atom. The molecule has 0 radical (unpaired) electrons. The molecule has 0 aromatic carbocycles. The van der Waals surface area contributed by atoms with Gasteiger partial charge in [-0.25, -0.2) is 0 Å². The number of carboxylic acids is 1. The van der Waals surface area contributed by atoms with Crippen LogP contribution >= 0.6 is 0 Å². The van der Waals surface area contributed by atoms with Crippen LogP contribution in [0.25, 0.3) is 0 Å². The van der Waals surface area contributed by atoms with Crippen LogP contribution in [0.5, 0.6) is 0 Å². The third-order valence-electron chi connectivity index (χ3n) is 3.48. The highest BCUT2D eigenvalue weighted by atomic mass is 16.4. The first-order valence-corrected chi connectivity index (χ1v) is 5.90. The van der Waals surface area contributed by atoms with Crippen molar-refractivity contribution in [3.63, 3.8) is 0 Å². The minimum absolute atomic E-state index is 0.269. The number of carbonyl (C=O) groups is 1. The Kier molecular flexibility index (Phi) is 4.14. The summed E-state index contributed by atoms with van der Waals surface area (Å²) in [5.74, 6) is -0.689. The average molecular weight is 213 g/mol. The van der Waals surface area contributed by atoms with Crippen molar-refractivity contribution in [1.29, 1.82) is 0 Å². The Morgan fingerprint density at radius 3 is 2.60 bits per heavy atom. The van der Waals surface area contributed by atoms with Gasteiger partial charge in [0.25, 0.3) is 0 Å². The first-order valence-electron chi connectivity index (χ1n) is 5.90. The molecule has 88 valence electrons. The van der Waals surface area contributed by atoms with Crippen molar-refractivity contribution in [3.8, 4) is 0 Å². The van der Waals surface area contributed by atoms with Crippen LogP contribution in [0.4, 0.5) is 0 Å². The van der Waals surface area contributed by atoms with Crippen LogP contribution in [0.3, 0.4) is 0 Å². The van der Waals surface area contributed by atoms with E-state index in [2.05, 4.69) is 25.7 Å². The van der Waals surface area contributed by atoms with E-state index < -0.39 is 5.97 Å². The Bertz CT molecular complexity index is 226. The Hall–Kier alpha value is -0.570. The summed E-state index contributed by atoms with van der Waals surface area (Å²) in [5.41, 5.74) is 0.446. The van der Waals surface area contributed by atoms with Gasteiger partial charge in [0.2, 0.25) is 0 Å². The molecule has 1 fully saturated rings. The fourth-order valence-corrected chi connectivity index (χ4v) is 2.55. The molecule has 1 N–H and O–H groups in total. The quantitative estimate of drug-likeness (QED) is 0.762. The lowest BCUT2D eigenvalue weighted by Crippen LogP contribution is -2.35. The zero-order valence-corrected chi connectivity index (χ0v) is 10.1. The molecule has 0 spiro atoms. The lowest BCUT2D eigenvalue weighted by atomic mass is 9.91. The van der Waals surface area contributed by atoms with Gasteiger partial charge < -0.3 is 10.0 Å². The number of rotatable bonds is 5. The summed E-state index contributed by atoms with van der Waals surface area (Å²) in [6.07, 6.45) is 3.97. The highest BCUT2D eigenvalue weighted by Crippen LogP contribution is 2.39. The van der Waals surface area contributed by atoms with Crippen molar-refractivity contribution in [1.82, 2.24) is 4.90 Å². The summed E-state index contributed by atoms with van der Waals surface area (Å²) in [5, 5.41) is 8.68. The van der Waals surface area contributed by atoms with E-state index in [1.165, 1.54) is 19.3 Å². The molecule has 1 saturated carbocycles. The number of aliphatic carboxylic acids is 1. The maximum absolute atomic E-state index is 10.5. The molecule has 0 heterocycles. The standard InChI is InChI=1S/C12H23NO2/c1-4-13(8-6-11(14)15)10-5-7-12(2,3)9-10/h10H,4-9H2,1-3H3,(H,14,15). The van der Waals surface area contributed by atoms with Crippen LogP contribution in [0.2, 0.25) is 0 Å². The molecule has 0 aromatic rings. The third kappa shape index (κ3) is 3.82. The second-order valence-electron chi connectivity index (χ2n) is 5.33. The fourth-order valence-electron chi connectivity index (χ4n) is 2.55. The molecule has 3 nitrogen and oxygen atoms in total. The van der Waals surface area contributed by atoms with Gasteiger partial charge in [-0.05, 0) is 31.2 Å². The molecule has 1 aliphatic rings. The molecule has 0 aromatic heterocycles. The molecule has 3 heteroatoms. The largest absolute Gasteiger partial charge is 0.481 e. The lowest BCUT2D eigenvalue weighted by molar-refractivity contribution is -0.137. The monoisotopic (exact) mass is 213 g/mol. The maximum Gasteiger partial charge on any atom is 0.304 e. The van der Waals surface area contributed by atoms with E-state index in [9.17, 15) is 4.79 Å². The van der Waals surface area contributed by atoms with Crippen LogP contribution < -0.4 is 0 Å². The smallest absolute Gasteiger partial charge is 0.304 e. The van der Waals surface area contributed by atoms with Gasteiger partial charge in [0, 0.05) is 12.6 Å². The summed E-state index contributed by atoms with van der Waals surface area (Å²) in [4.78, 5) is 12.9. The number of carboxylic acid groups (broad SMARTS) is 1. The van der Waals surface area contributed by atoms with Gasteiger partial charge in [-0.15, -0.1) is 0 Å². The molecule has 0 saturated heterocycles. The maximum atomic E-state index is 10.5. The van der Waals surface area contributed by atoms with Crippen LogP contribution in [0.1, 0.15) is 46.5 Å². The Morgan fingerprint density at radius 2 is 2.20 bits per heavy atom. The molecule has 15 heavy (non-hydrogen) atoms. The van der Waals surface area contributed by atoms with Gasteiger partial charge in [-0.3, -0.25) is 4.79 Å². The SMILES string of the molecule is CCN(CCC(=O)O)C1CCC(C)(C)C1. The van der Waals surface area contributed by atoms with Crippen molar-refractivity contribution >= 4 is 5.97 Å². The second-order valence-corrected chi connectivity index (χ2v) is 5.33. The first kappa shape index (κ1) is 12.5. The second kappa shape index (κ2) is 4.97. The van der Waals surface area contributed by atoms with E-state index in [0.717, 1.165) is 6.54 Å². The van der Waals surface area contributed by atoms with E-state index in [1.54, 1.807) is 0 Å². The van der Waals surface area contributed by atoms with E-state index in [1.807, 2.05) is 0 Å². The van der Waals surface area contributed by atoms with Crippen molar-refractivity contribution in [3.05, 3.63) is 0 Å². The molecule has 0 bridgehead atoms. The molecule has 0 aliphatic heterocycles. The Labute approximate surface area is 92.5 Å². The van der Waals surface area contributed by atoms with E-state index in [-0.39, 0.29) is 6.42 Å². The van der Waals surface area contributed by atoms with Crippen molar-refractivity contribution in [2.75, 3.05) is 13.1 Å². The van der Waals surface area contributed by atoms with Gasteiger partial charge in [0.15, 0.2) is 0 Å². The van der Waals surface area contributed by atoms with Crippen molar-refractivity contribution < 1.29 is 9.90 Å². The van der Waals surface area contributed by atoms with Gasteiger partial charge in [-0.2, -0.15) is 0 Å². The Balaban J connectivity index is 2.42. The highest BCUT2D eigenvalue weighted by Gasteiger charge is 2.33. The molecule has 1 rings (SSSR count). The molecule has 1 aliphatic carbocycles. The first-order chi connectivity index (χ1) is 6.94. The molecular weight excluding hydrogens is 190 g/mol. The van der Waals surface area contributed by atoms with Crippen molar-refractivity contribution in [2.45, 2.75) is 52.5 Å². The molecule has 0 amide bonds. The summed E-state index contributed by atoms with van der Waals surface area (Å²) in [7, 11) is 0. The van der Waals surface area contributed by atoms with Gasteiger partial charge in [0.05, 0.1) is 6.42 Å². The number of nitrogens with zero attached hydrogens (tertiary/aromatic N) is 1. The summed E-state index contributed by atoms with van der Waals surface area (Å²) >= 11 is 0. The average Bonchev–Trinajstić information content (AvgIpc) is 2.47. The van der Waals surface area contributed by atoms with Crippen molar-refractivity contribution in [2.24, 2.45) is 5.41 Å². The highest BCUT2D eigenvalue weighted by molar-refractivity contribution is 5.66. The van der Waals surface area contributed by atoms with Gasteiger partial charge in [-0.1, -0.05) is 20.8 Å². The van der Waals surface area contributed by atoms with E-state index in [4.69, 9.17) is 5.11 Å². The van der Waals surface area contributed by atoms with Crippen LogP contribution in [-0.2, 0) is 4.79 Å². The van der Waals surface area contributed by atoms with E-state index in [0.29, 0.717) is 18.0 Å². The minimum Gasteiger partial charge on any atom is -0.481 e. The summed E-state index contributed by atoms with van der Waals surface area (Å²) in [6.45, 7) is 8.39. The van der Waals surface area contributed by atoms with Gasteiger partial charge in [0.1, 0.15) is 0 Å². The molecule has 1 atom stereocenters. The topological polar surface area (TPSA) is 40.5 Å². The normalized spacial score (nSPS) is 24.7. The van der Waals surface area contributed by atoms with Crippen LogP contribution in [0.15, 0.2) is 0 Å².